The largest absolute Gasteiger partial charge is 0.368 e. The van der Waals surface area contributed by atoms with Gasteiger partial charge in [-0.25, -0.2) is 4.39 Å². The summed E-state index contributed by atoms with van der Waals surface area (Å²) >= 11 is 6.73. The van der Waals surface area contributed by atoms with E-state index in [9.17, 15) is 9.18 Å². The average molecular weight is 329 g/mol. The minimum Gasteiger partial charge on any atom is -0.368 e. The van der Waals surface area contributed by atoms with Crippen LogP contribution in [0.5, 0.6) is 0 Å². The molecule has 0 unspecified atom stereocenters. The summed E-state index contributed by atoms with van der Waals surface area (Å²) in [6, 6.07) is 3.87. The minimum absolute atomic E-state index is 0.00257. The summed E-state index contributed by atoms with van der Waals surface area (Å²) in [6.45, 7) is 0. The van der Waals surface area contributed by atoms with Crippen LogP contribution in [0.3, 0.4) is 0 Å². The Labute approximate surface area is 128 Å². The van der Waals surface area contributed by atoms with Gasteiger partial charge in [0.2, 0.25) is 17.8 Å². The fourth-order valence-corrected chi connectivity index (χ4v) is 2.18. The van der Waals surface area contributed by atoms with Crippen LogP contribution >= 0.6 is 23.4 Å². The molecule has 2 aromatic rings. The molecule has 0 aliphatic heterocycles. The van der Waals surface area contributed by atoms with Crippen molar-refractivity contribution in [3.05, 3.63) is 29.0 Å². The predicted octanol–water partition coefficient (Wildman–Crippen LogP) is 1.56. The summed E-state index contributed by atoms with van der Waals surface area (Å²) in [4.78, 5) is 23.0. The molecule has 0 atom stereocenters. The highest BCUT2D eigenvalue weighted by Crippen LogP contribution is 2.20. The summed E-state index contributed by atoms with van der Waals surface area (Å²) in [7, 11) is 0. The molecule has 0 saturated heterocycles. The molecule has 10 heteroatoms. The Kier molecular flexibility index (Phi) is 4.76. The van der Waals surface area contributed by atoms with E-state index in [0.29, 0.717) is 5.02 Å². The van der Waals surface area contributed by atoms with Crippen LogP contribution in [0, 0.1) is 5.82 Å². The first-order valence-corrected chi connectivity index (χ1v) is 6.95. The molecule has 0 saturated carbocycles. The van der Waals surface area contributed by atoms with E-state index in [0.717, 1.165) is 11.8 Å². The Morgan fingerprint density at radius 2 is 1.95 bits per heavy atom. The SMILES string of the molecule is Nc1nc(N)nc(SCC(=O)Nc2cc(Cl)ccc2F)n1. The molecule has 2 rings (SSSR count). The summed E-state index contributed by atoms with van der Waals surface area (Å²) < 4.78 is 13.5. The topological polar surface area (TPSA) is 120 Å². The van der Waals surface area contributed by atoms with Gasteiger partial charge < -0.3 is 16.8 Å². The van der Waals surface area contributed by atoms with Gasteiger partial charge >= 0.3 is 0 Å². The lowest BCUT2D eigenvalue weighted by Gasteiger charge is -2.06. The van der Waals surface area contributed by atoms with E-state index in [4.69, 9.17) is 23.1 Å². The molecule has 110 valence electrons. The maximum Gasteiger partial charge on any atom is 0.234 e. The molecule has 0 spiro atoms. The van der Waals surface area contributed by atoms with E-state index in [1.54, 1.807) is 0 Å². The first kappa shape index (κ1) is 15.3. The van der Waals surface area contributed by atoms with Gasteiger partial charge in [0.25, 0.3) is 0 Å². The molecule has 21 heavy (non-hydrogen) atoms. The first-order chi connectivity index (χ1) is 9.94. The number of halogens is 2. The molecule has 0 aliphatic carbocycles. The van der Waals surface area contributed by atoms with Crippen molar-refractivity contribution in [2.45, 2.75) is 5.16 Å². The van der Waals surface area contributed by atoms with Crippen molar-refractivity contribution in [1.82, 2.24) is 15.0 Å². The Bertz CT molecular complexity index is 666. The van der Waals surface area contributed by atoms with Crippen LogP contribution in [-0.4, -0.2) is 26.6 Å². The molecule has 1 aromatic carbocycles. The number of rotatable bonds is 4. The van der Waals surface area contributed by atoms with Crippen molar-refractivity contribution >= 4 is 46.9 Å². The predicted molar refractivity (Wildman–Crippen MR) is 79.4 cm³/mol. The van der Waals surface area contributed by atoms with Gasteiger partial charge in [-0.2, -0.15) is 15.0 Å². The van der Waals surface area contributed by atoms with E-state index in [1.807, 2.05) is 0 Å². The fourth-order valence-electron chi connectivity index (χ4n) is 1.36. The smallest absolute Gasteiger partial charge is 0.234 e. The average Bonchev–Trinajstić information content (AvgIpc) is 2.40. The number of thioether (sulfide) groups is 1. The number of nitrogens with two attached hydrogens (primary N) is 2. The molecule has 5 N–H and O–H groups in total. The monoisotopic (exact) mass is 328 g/mol. The van der Waals surface area contributed by atoms with Gasteiger partial charge in [0, 0.05) is 5.02 Å². The van der Waals surface area contributed by atoms with Crippen molar-refractivity contribution < 1.29 is 9.18 Å². The first-order valence-electron chi connectivity index (χ1n) is 5.59. The number of anilines is 3. The van der Waals surface area contributed by atoms with Crippen molar-refractivity contribution in [3.8, 4) is 0 Å². The molecule has 0 radical (unpaired) electrons. The highest BCUT2D eigenvalue weighted by atomic mass is 35.5. The standard InChI is InChI=1S/C11H10ClFN6OS/c12-5-1-2-6(13)7(3-5)16-8(20)4-21-11-18-9(14)17-10(15)19-11/h1-3H,4H2,(H,16,20)(H4,14,15,17,18,19). The summed E-state index contributed by atoms with van der Waals surface area (Å²) in [5.74, 6) is -1.14. The van der Waals surface area contributed by atoms with E-state index >= 15 is 0 Å². The number of hydrogen-bond donors (Lipinski definition) is 3. The summed E-state index contributed by atoms with van der Waals surface area (Å²) in [5.41, 5.74) is 10.8. The van der Waals surface area contributed by atoms with Crippen LogP contribution < -0.4 is 16.8 Å². The van der Waals surface area contributed by atoms with E-state index in [-0.39, 0.29) is 28.5 Å². The summed E-state index contributed by atoms with van der Waals surface area (Å²) in [5, 5.41) is 2.92. The molecule has 1 aromatic heterocycles. The molecule has 1 heterocycles. The number of nitrogen functional groups attached to an aromatic ring is 2. The molecule has 0 bridgehead atoms. The maximum absolute atomic E-state index is 13.5. The molecular formula is C11H10ClFN6OS. The Morgan fingerprint density at radius 1 is 1.29 bits per heavy atom. The number of benzene rings is 1. The van der Waals surface area contributed by atoms with E-state index < -0.39 is 11.7 Å². The highest BCUT2D eigenvalue weighted by Gasteiger charge is 2.10. The quantitative estimate of drug-likeness (QED) is 0.728. The van der Waals surface area contributed by atoms with Crippen LogP contribution in [0.1, 0.15) is 0 Å². The van der Waals surface area contributed by atoms with Crippen molar-refractivity contribution in [2.24, 2.45) is 0 Å². The van der Waals surface area contributed by atoms with Crippen LogP contribution in [0.15, 0.2) is 23.4 Å². The minimum atomic E-state index is -0.577. The van der Waals surface area contributed by atoms with E-state index in [2.05, 4.69) is 20.3 Å². The lowest BCUT2D eigenvalue weighted by Crippen LogP contribution is -2.15. The highest BCUT2D eigenvalue weighted by molar-refractivity contribution is 7.99. The third-order valence-corrected chi connectivity index (χ3v) is 3.27. The van der Waals surface area contributed by atoms with E-state index in [1.165, 1.54) is 18.2 Å². The second-order valence-electron chi connectivity index (χ2n) is 3.80. The third kappa shape index (κ3) is 4.43. The maximum atomic E-state index is 13.5. The normalized spacial score (nSPS) is 10.4. The van der Waals surface area contributed by atoms with Gasteiger partial charge in [-0.1, -0.05) is 23.4 Å². The second-order valence-corrected chi connectivity index (χ2v) is 5.17. The summed E-state index contributed by atoms with van der Waals surface area (Å²) in [6.07, 6.45) is 0. The van der Waals surface area contributed by atoms with Crippen LogP contribution in [0.25, 0.3) is 0 Å². The molecule has 1 amide bonds. The van der Waals surface area contributed by atoms with Crippen molar-refractivity contribution in [1.29, 1.82) is 0 Å². The van der Waals surface area contributed by atoms with Crippen molar-refractivity contribution in [2.75, 3.05) is 22.5 Å². The number of nitrogens with zero attached hydrogens (tertiary/aromatic N) is 3. The number of carbonyl (C=O) groups is 1. The van der Waals surface area contributed by atoms with Gasteiger partial charge in [-0.3, -0.25) is 4.79 Å². The number of amides is 1. The Hall–Kier alpha value is -2.13. The number of aromatic nitrogens is 3. The fraction of sp³-hybridized carbons (Fsp3) is 0.0909. The number of hydrogen-bond acceptors (Lipinski definition) is 7. The Balaban J connectivity index is 1.97. The zero-order chi connectivity index (χ0) is 15.4. The molecule has 7 nitrogen and oxygen atoms in total. The Morgan fingerprint density at radius 3 is 2.62 bits per heavy atom. The van der Waals surface area contributed by atoms with Gasteiger partial charge in [-0.05, 0) is 18.2 Å². The zero-order valence-corrected chi connectivity index (χ0v) is 12.1. The lowest BCUT2D eigenvalue weighted by atomic mass is 10.3. The lowest BCUT2D eigenvalue weighted by molar-refractivity contribution is -0.113. The van der Waals surface area contributed by atoms with Crippen LogP contribution in [0.2, 0.25) is 5.02 Å². The molecule has 0 fully saturated rings. The molecule has 0 aliphatic rings. The zero-order valence-electron chi connectivity index (χ0n) is 10.5. The number of carbonyl (C=O) groups excluding carboxylic acids is 1. The van der Waals surface area contributed by atoms with Gasteiger partial charge in [0.1, 0.15) is 5.82 Å². The third-order valence-electron chi connectivity index (χ3n) is 2.18. The van der Waals surface area contributed by atoms with Crippen LogP contribution in [-0.2, 0) is 4.79 Å². The second kappa shape index (κ2) is 6.55. The van der Waals surface area contributed by atoms with Crippen molar-refractivity contribution in [3.63, 3.8) is 0 Å². The van der Waals surface area contributed by atoms with Gasteiger partial charge in [0.15, 0.2) is 5.16 Å². The van der Waals surface area contributed by atoms with Crippen LogP contribution in [0.4, 0.5) is 22.0 Å². The van der Waals surface area contributed by atoms with Gasteiger partial charge in [-0.15, -0.1) is 0 Å². The number of nitrogens with one attached hydrogen (secondary N) is 1. The van der Waals surface area contributed by atoms with Gasteiger partial charge in [0.05, 0.1) is 11.4 Å². The molecular weight excluding hydrogens is 319 g/mol.